The lowest BCUT2D eigenvalue weighted by Gasteiger charge is -2.07. The molecule has 1 heterocycles. The van der Waals surface area contributed by atoms with Gasteiger partial charge in [0.05, 0.1) is 17.0 Å². The van der Waals surface area contributed by atoms with Crippen molar-refractivity contribution in [2.45, 2.75) is 0 Å². The van der Waals surface area contributed by atoms with E-state index in [0.29, 0.717) is 0 Å². The van der Waals surface area contributed by atoms with Crippen LogP contribution in [0.1, 0.15) is 10.4 Å². The summed E-state index contributed by atoms with van der Waals surface area (Å²) < 4.78 is 0. The summed E-state index contributed by atoms with van der Waals surface area (Å²) in [4.78, 5) is 23.6. The minimum absolute atomic E-state index is 0.0122. The Morgan fingerprint density at radius 3 is 2.71 bits per heavy atom. The highest BCUT2D eigenvalue weighted by atomic mass is 35.5. The maximum atomic E-state index is 12.0. The Balaban J connectivity index is 2.35. The molecule has 10 nitrogen and oxygen atoms in total. The second-order valence-electron chi connectivity index (χ2n) is 3.92. The topological polar surface area (TPSA) is 128 Å². The Labute approximate surface area is 123 Å². The van der Waals surface area contributed by atoms with Gasteiger partial charge < -0.3 is 5.32 Å². The van der Waals surface area contributed by atoms with Crippen LogP contribution in [0.2, 0.25) is 5.02 Å². The zero-order chi connectivity index (χ0) is 15.6. The molecule has 0 aliphatic rings. The van der Waals surface area contributed by atoms with Crippen LogP contribution in [0.15, 0.2) is 12.1 Å². The Morgan fingerprint density at radius 2 is 2.19 bits per heavy atom. The summed E-state index contributed by atoms with van der Waals surface area (Å²) in [6.45, 7) is 0. The molecule has 0 saturated heterocycles. The fourth-order valence-corrected chi connectivity index (χ4v) is 1.93. The molecule has 0 unspecified atom stereocenters. The molecule has 110 valence electrons. The van der Waals surface area contributed by atoms with E-state index in [2.05, 4.69) is 26.0 Å². The van der Waals surface area contributed by atoms with E-state index in [-0.39, 0.29) is 27.9 Å². The van der Waals surface area contributed by atoms with Gasteiger partial charge in [-0.25, -0.2) is 0 Å². The third-order valence-corrected chi connectivity index (χ3v) is 2.81. The predicted molar refractivity (Wildman–Crippen MR) is 74.4 cm³/mol. The largest absolute Gasteiger partial charge is 0.381 e. The van der Waals surface area contributed by atoms with Crippen LogP contribution in [0.5, 0.6) is 0 Å². The predicted octanol–water partition coefficient (Wildman–Crippen LogP) is 1.07. The molecule has 2 N–H and O–H groups in total. The van der Waals surface area contributed by atoms with Crippen LogP contribution in [-0.4, -0.2) is 38.1 Å². The summed E-state index contributed by atoms with van der Waals surface area (Å²) >= 11 is 5.94. The standard InChI is InChI=1S/C10H10ClN7O3/c1-12-8-6(11)3-5(4-7(8)18(20)21)9(19)13-10-14-16-17(2)15-10/h3-4,12H,1-2H3,(H,13,15,19). The quantitative estimate of drug-likeness (QED) is 0.638. The number of tetrazole rings is 1. The highest BCUT2D eigenvalue weighted by Crippen LogP contribution is 2.33. The molecule has 0 fully saturated rings. The molecule has 21 heavy (non-hydrogen) atoms. The average molecular weight is 312 g/mol. The summed E-state index contributed by atoms with van der Waals surface area (Å²) in [5, 5.41) is 27.0. The minimum atomic E-state index is -0.630. The van der Waals surface area contributed by atoms with Gasteiger partial charge in [0.25, 0.3) is 17.5 Å². The zero-order valence-corrected chi connectivity index (χ0v) is 11.7. The van der Waals surface area contributed by atoms with Gasteiger partial charge in [-0.05, 0) is 11.3 Å². The maximum Gasteiger partial charge on any atom is 0.294 e. The number of nitro benzene ring substituents is 1. The van der Waals surface area contributed by atoms with Gasteiger partial charge in [-0.2, -0.15) is 4.80 Å². The molecule has 0 atom stereocenters. The van der Waals surface area contributed by atoms with Gasteiger partial charge in [0, 0.05) is 18.7 Å². The second-order valence-corrected chi connectivity index (χ2v) is 4.32. The van der Waals surface area contributed by atoms with Crippen molar-refractivity contribution in [1.29, 1.82) is 0 Å². The highest BCUT2D eigenvalue weighted by Gasteiger charge is 2.21. The first-order chi connectivity index (χ1) is 9.92. The molecule has 0 saturated carbocycles. The fourth-order valence-electron chi connectivity index (χ4n) is 1.62. The molecular formula is C10H10ClN7O3. The molecule has 0 radical (unpaired) electrons. The first kappa shape index (κ1) is 14.7. The summed E-state index contributed by atoms with van der Waals surface area (Å²) in [6.07, 6.45) is 0. The molecule has 0 bridgehead atoms. The monoisotopic (exact) mass is 311 g/mol. The summed E-state index contributed by atoms with van der Waals surface area (Å²) in [5.41, 5.74) is -0.156. The number of amides is 1. The van der Waals surface area contributed by atoms with Gasteiger partial charge in [0.2, 0.25) is 0 Å². The van der Waals surface area contributed by atoms with Crippen molar-refractivity contribution in [3.63, 3.8) is 0 Å². The Hall–Kier alpha value is -2.75. The van der Waals surface area contributed by atoms with Crippen LogP contribution >= 0.6 is 11.6 Å². The van der Waals surface area contributed by atoms with E-state index in [0.717, 1.165) is 10.9 Å². The minimum Gasteiger partial charge on any atom is -0.381 e. The van der Waals surface area contributed by atoms with Crippen LogP contribution in [-0.2, 0) is 7.05 Å². The third-order valence-electron chi connectivity index (χ3n) is 2.51. The maximum absolute atomic E-state index is 12.0. The van der Waals surface area contributed by atoms with Crippen LogP contribution in [0.3, 0.4) is 0 Å². The van der Waals surface area contributed by atoms with E-state index in [1.165, 1.54) is 20.2 Å². The van der Waals surface area contributed by atoms with E-state index < -0.39 is 10.8 Å². The molecule has 1 amide bonds. The van der Waals surface area contributed by atoms with Gasteiger partial charge in [-0.3, -0.25) is 20.2 Å². The van der Waals surface area contributed by atoms with Gasteiger partial charge >= 0.3 is 0 Å². The summed E-state index contributed by atoms with van der Waals surface area (Å²) in [6, 6.07) is 2.43. The van der Waals surface area contributed by atoms with Gasteiger partial charge in [0.1, 0.15) is 5.69 Å². The second kappa shape index (κ2) is 5.71. The highest BCUT2D eigenvalue weighted by molar-refractivity contribution is 6.34. The van der Waals surface area contributed by atoms with Crippen LogP contribution in [0.25, 0.3) is 0 Å². The van der Waals surface area contributed by atoms with Crippen LogP contribution < -0.4 is 10.6 Å². The lowest BCUT2D eigenvalue weighted by atomic mass is 10.1. The van der Waals surface area contributed by atoms with Crippen molar-refractivity contribution in [3.8, 4) is 0 Å². The molecule has 1 aromatic carbocycles. The molecular weight excluding hydrogens is 302 g/mol. The number of hydrogen-bond donors (Lipinski definition) is 2. The van der Waals surface area contributed by atoms with E-state index in [4.69, 9.17) is 11.6 Å². The number of nitrogens with one attached hydrogen (secondary N) is 2. The fraction of sp³-hybridized carbons (Fsp3) is 0.200. The Morgan fingerprint density at radius 1 is 1.48 bits per heavy atom. The number of nitro groups is 1. The van der Waals surface area contributed by atoms with Crippen molar-refractivity contribution < 1.29 is 9.72 Å². The number of hydrogen-bond acceptors (Lipinski definition) is 7. The van der Waals surface area contributed by atoms with Gasteiger partial charge in [-0.1, -0.05) is 16.7 Å². The molecule has 2 rings (SSSR count). The van der Waals surface area contributed by atoms with Crippen molar-refractivity contribution in [2.24, 2.45) is 7.05 Å². The number of carbonyl (C=O) groups excluding carboxylic acids is 1. The van der Waals surface area contributed by atoms with E-state index in [1.807, 2.05) is 0 Å². The van der Waals surface area contributed by atoms with E-state index >= 15 is 0 Å². The zero-order valence-electron chi connectivity index (χ0n) is 11.0. The number of rotatable bonds is 4. The van der Waals surface area contributed by atoms with E-state index in [1.54, 1.807) is 0 Å². The number of aromatic nitrogens is 4. The Kier molecular flexibility index (Phi) is 3.98. The smallest absolute Gasteiger partial charge is 0.294 e. The first-order valence-electron chi connectivity index (χ1n) is 5.63. The van der Waals surface area contributed by atoms with E-state index in [9.17, 15) is 14.9 Å². The van der Waals surface area contributed by atoms with Crippen LogP contribution in [0.4, 0.5) is 17.3 Å². The number of carbonyl (C=O) groups is 1. The number of nitrogens with zero attached hydrogens (tertiary/aromatic N) is 5. The van der Waals surface area contributed by atoms with Crippen molar-refractivity contribution in [2.75, 3.05) is 17.7 Å². The van der Waals surface area contributed by atoms with Crippen molar-refractivity contribution in [1.82, 2.24) is 20.2 Å². The molecule has 0 spiro atoms. The lowest BCUT2D eigenvalue weighted by molar-refractivity contribution is -0.383. The molecule has 0 aliphatic heterocycles. The van der Waals surface area contributed by atoms with Crippen molar-refractivity contribution in [3.05, 3.63) is 32.8 Å². The lowest BCUT2D eigenvalue weighted by Crippen LogP contribution is -2.14. The SMILES string of the molecule is CNc1c(Cl)cc(C(=O)Nc2nnn(C)n2)cc1[N+](=O)[O-]. The number of anilines is 2. The average Bonchev–Trinajstić information content (AvgIpc) is 2.82. The number of benzene rings is 1. The first-order valence-corrected chi connectivity index (χ1v) is 6.01. The molecule has 1 aromatic heterocycles. The third kappa shape index (κ3) is 3.05. The number of halogens is 1. The molecule has 2 aromatic rings. The van der Waals surface area contributed by atoms with Crippen molar-refractivity contribution >= 4 is 34.8 Å². The van der Waals surface area contributed by atoms with Gasteiger partial charge in [0.15, 0.2) is 0 Å². The molecule has 0 aliphatic carbocycles. The summed E-state index contributed by atoms with van der Waals surface area (Å²) in [7, 11) is 3.03. The number of aryl methyl sites for hydroxylation is 1. The van der Waals surface area contributed by atoms with Crippen LogP contribution in [0, 0.1) is 10.1 Å². The summed E-state index contributed by atoms with van der Waals surface area (Å²) in [5.74, 6) is -0.644. The Bertz CT molecular complexity index is 715. The van der Waals surface area contributed by atoms with Gasteiger partial charge in [-0.15, -0.1) is 5.10 Å². The molecule has 11 heteroatoms. The normalized spacial score (nSPS) is 10.2.